The molecule has 1 unspecified atom stereocenters. The molecule has 2 rings (SSSR count). The third-order valence-electron chi connectivity index (χ3n) is 2.87. The Kier molecular flexibility index (Phi) is 5.23. The number of benzene rings is 1. The Bertz CT molecular complexity index is 625. The fourth-order valence-electron chi connectivity index (χ4n) is 1.75. The van der Waals surface area contributed by atoms with Crippen LogP contribution in [-0.4, -0.2) is 27.5 Å². The van der Waals surface area contributed by atoms with Gasteiger partial charge in [-0.05, 0) is 38.7 Å². The summed E-state index contributed by atoms with van der Waals surface area (Å²) in [4.78, 5) is 12.5. The number of carbonyl (C=O) groups is 1. The predicted molar refractivity (Wildman–Crippen MR) is 87.3 cm³/mol. The number of rotatable bonds is 5. The number of aromatic nitrogens is 2. The molecule has 0 aliphatic carbocycles. The molecule has 0 spiro atoms. The highest BCUT2D eigenvalue weighted by molar-refractivity contribution is 8.03. The lowest BCUT2D eigenvalue weighted by atomic mass is 10.0. The van der Waals surface area contributed by atoms with Gasteiger partial charge >= 0.3 is 0 Å². The maximum absolute atomic E-state index is 12.5. The van der Waals surface area contributed by atoms with E-state index in [1.54, 1.807) is 11.8 Å². The molecule has 1 atom stereocenters. The van der Waals surface area contributed by atoms with Crippen LogP contribution >= 0.6 is 34.9 Å². The Morgan fingerprint density at radius 1 is 1.25 bits per heavy atom. The molecule has 0 aliphatic rings. The smallest absolute Gasteiger partial charge is 0.176 e. The number of hydrogen-bond acceptors (Lipinski definition) is 6. The van der Waals surface area contributed by atoms with Crippen LogP contribution < -0.4 is 0 Å². The second-order valence-corrected chi connectivity index (χ2v) is 8.10. The molecule has 3 nitrogen and oxygen atoms in total. The summed E-state index contributed by atoms with van der Waals surface area (Å²) >= 11 is 4.58. The fraction of sp³-hybridized carbons (Fsp3) is 0.357. The first-order chi connectivity index (χ1) is 9.51. The lowest BCUT2D eigenvalue weighted by Gasteiger charge is -2.11. The van der Waals surface area contributed by atoms with Gasteiger partial charge in [-0.25, -0.2) is 0 Å². The first-order valence-corrected chi connectivity index (χ1v) is 9.09. The van der Waals surface area contributed by atoms with E-state index < -0.39 is 0 Å². The fourth-order valence-corrected chi connectivity index (χ4v) is 4.40. The second kappa shape index (κ2) is 6.74. The van der Waals surface area contributed by atoms with Gasteiger partial charge < -0.3 is 0 Å². The largest absolute Gasteiger partial charge is 0.293 e. The van der Waals surface area contributed by atoms with Gasteiger partial charge in [0.2, 0.25) is 0 Å². The number of ketones is 1. The number of nitrogens with zero attached hydrogens (tertiary/aromatic N) is 2. The third kappa shape index (κ3) is 3.62. The van der Waals surface area contributed by atoms with E-state index in [0.717, 1.165) is 25.4 Å². The van der Waals surface area contributed by atoms with Gasteiger partial charge in [-0.15, -0.1) is 10.2 Å². The summed E-state index contributed by atoms with van der Waals surface area (Å²) in [6.07, 6.45) is 1.97. The number of aryl methyl sites for hydroxylation is 2. The molecule has 0 radical (unpaired) electrons. The highest BCUT2D eigenvalue weighted by Crippen LogP contribution is 2.31. The minimum Gasteiger partial charge on any atom is -0.293 e. The Morgan fingerprint density at radius 2 is 1.95 bits per heavy atom. The van der Waals surface area contributed by atoms with E-state index in [4.69, 9.17) is 0 Å². The van der Waals surface area contributed by atoms with Crippen molar-refractivity contribution in [2.45, 2.75) is 34.7 Å². The zero-order valence-electron chi connectivity index (χ0n) is 11.8. The summed E-state index contributed by atoms with van der Waals surface area (Å²) in [6.45, 7) is 5.90. The lowest BCUT2D eigenvalue weighted by Crippen LogP contribution is -2.15. The van der Waals surface area contributed by atoms with Gasteiger partial charge in [0.15, 0.2) is 14.5 Å². The molecule has 2 aromatic rings. The van der Waals surface area contributed by atoms with Crippen LogP contribution in [0.25, 0.3) is 0 Å². The van der Waals surface area contributed by atoms with Crippen LogP contribution in [0, 0.1) is 13.8 Å². The zero-order chi connectivity index (χ0) is 14.7. The topological polar surface area (TPSA) is 42.9 Å². The molecule has 106 valence electrons. The van der Waals surface area contributed by atoms with Crippen molar-refractivity contribution in [3.63, 3.8) is 0 Å². The molecule has 0 fully saturated rings. The summed E-state index contributed by atoms with van der Waals surface area (Å²) in [6, 6.07) is 5.98. The van der Waals surface area contributed by atoms with Crippen molar-refractivity contribution in [2.75, 3.05) is 6.26 Å². The van der Waals surface area contributed by atoms with Gasteiger partial charge in [0, 0.05) is 5.56 Å². The molecule has 6 heteroatoms. The lowest BCUT2D eigenvalue weighted by molar-refractivity contribution is 0.0993. The van der Waals surface area contributed by atoms with Crippen LogP contribution in [0.5, 0.6) is 0 Å². The summed E-state index contributed by atoms with van der Waals surface area (Å²) in [5.41, 5.74) is 2.94. The minimum atomic E-state index is -0.154. The van der Waals surface area contributed by atoms with Gasteiger partial charge in [-0.3, -0.25) is 4.79 Å². The van der Waals surface area contributed by atoms with E-state index in [-0.39, 0.29) is 11.0 Å². The van der Waals surface area contributed by atoms with Gasteiger partial charge in [-0.1, -0.05) is 52.6 Å². The van der Waals surface area contributed by atoms with Crippen molar-refractivity contribution in [1.82, 2.24) is 10.2 Å². The molecular formula is C14H16N2OS3. The van der Waals surface area contributed by atoms with Crippen LogP contribution in [0.2, 0.25) is 0 Å². The van der Waals surface area contributed by atoms with Crippen molar-refractivity contribution in [1.29, 1.82) is 0 Å². The maximum atomic E-state index is 12.5. The van der Waals surface area contributed by atoms with Crippen molar-refractivity contribution in [3.8, 4) is 0 Å². The minimum absolute atomic E-state index is 0.150. The Morgan fingerprint density at radius 3 is 2.60 bits per heavy atom. The third-order valence-corrected chi connectivity index (χ3v) is 5.95. The van der Waals surface area contributed by atoms with E-state index >= 15 is 0 Å². The van der Waals surface area contributed by atoms with Crippen molar-refractivity contribution in [3.05, 3.63) is 34.9 Å². The summed E-state index contributed by atoms with van der Waals surface area (Å²) < 4.78 is 1.78. The standard InChI is InChI=1S/C14H16N2OS3/c1-8-5-6-9(2)11(7-8)12(17)10(3)19-14-16-15-13(18-4)20-14/h5-7,10H,1-4H3. The second-order valence-electron chi connectivity index (χ2n) is 4.48. The van der Waals surface area contributed by atoms with Crippen LogP contribution in [0.15, 0.2) is 26.9 Å². The maximum Gasteiger partial charge on any atom is 0.176 e. The van der Waals surface area contributed by atoms with Gasteiger partial charge in [0.1, 0.15) is 0 Å². The van der Waals surface area contributed by atoms with Crippen LogP contribution in [-0.2, 0) is 0 Å². The van der Waals surface area contributed by atoms with E-state index in [0.29, 0.717) is 0 Å². The molecule has 0 saturated heterocycles. The van der Waals surface area contributed by atoms with Crippen LogP contribution in [0.4, 0.5) is 0 Å². The molecule has 0 N–H and O–H groups in total. The first kappa shape index (κ1) is 15.5. The summed E-state index contributed by atoms with van der Waals surface area (Å²) in [5, 5.41) is 8.00. The monoisotopic (exact) mass is 324 g/mol. The summed E-state index contributed by atoms with van der Waals surface area (Å²) in [7, 11) is 0. The molecule has 0 aliphatic heterocycles. The number of thioether (sulfide) groups is 2. The zero-order valence-corrected chi connectivity index (χ0v) is 14.3. The Balaban J connectivity index is 2.14. The SMILES string of the molecule is CSc1nnc(SC(C)C(=O)c2cc(C)ccc2C)s1. The highest BCUT2D eigenvalue weighted by Gasteiger charge is 2.20. The average molecular weight is 324 g/mol. The Labute approximate surface area is 131 Å². The van der Waals surface area contributed by atoms with Crippen LogP contribution in [0.3, 0.4) is 0 Å². The number of carbonyl (C=O) groups excluding carboxylic acids is 1. The molecule has 1 aromatic carbocycles. The molecule has 0 amide bonds. The molecule has 1 heterocycles. The first-order valence-electron chi connectivity index (χ1n) is 6.17. The van der Waals surface area contributed by atoms with E-state index in [9.17, 15) is 4.79 Å². The number of Topliss-reactive ketones (excluding diaryl/α,β-unsaturated/α-hetero) is 1. The van der Waals surface area contributed by atoms with Gasteiger partial charge in [0.25, 0.3) is 0 Å². The Hall–Kier alpha value is -0.850. The molecule has 0 bridgehead atoms. The van der Waals surface area contributed by atoms with Gasteiger partial charge in [0.05, 0.1) is 5.25 Å². The van der Waals surface area contributed by atoms with Crippen LogP contribution in [0.1, 0.15) is 28.4 Å². The van der Waals surface area contributed by atoms with E-state index in [1.807, 2.05) is 45.2 Å². The predicted octanol–water partition coefficient (Wildman–Crippen LogP) is 4.24. The molecular weight excluding hydrogens is 308 g/mol. The quantitative estimate of drug-likeness (QED) is 0.608. The molecule has 20 heavy (non-hydrogen) atoms. The van der Waals surface area contributed by atoms with Crippen molar-refractivity contribution in [2.24, 2.45) is 0 Å². The molecule has 1 aromatic heterocycles. The van der Waals surface area contributed by atoms with Gasteiger partial charge in [-0.2, -0.15) is 0 Å². The van der Waals surface area contributed by atoms with E-state index in [1.165, 1.54) is 23.1 Å². The highest BCUT2D eigenvalue weighted by atomic mass is 32.2. The average Bonchev–Trinajstić information content (AvgIpc) is 2.88. The van der Waals surface area contributed by atoms with Crippen molar-refractivity contribution >= 4 is 40.6 Å². The summed E-state index contributed by atoms with van der Waals surface area (Å²) in [5.74, 6) is 0.150. The number of hydrogen-bond donors (Lipinski definition) is 0. The normalized spacial score (nSPS) is 12.4. The van der Waals surface area contributed by atoms with E-state index in [2.05, 4.69) is 10.2 Å². The van der Waals surface area contributed by atoms with Crippen molar-refractivity contribution < 1.29 is 4.79 Å². The molecule has 0 saturated carbocycles.